The van der Waals surface area contributed by atoms with Gasteiger partial charge in [0.1, 0.15) is 5.82 Å². The summed E-state index contributed by atoms with van der Waals surface area (Å²) < 4.78 is 16.2. The van der Waals surface area contributed by atoms with Crippen molar-refractivity contribution in [1.29, 1.82) is 0 Å². The summed E-state index contributed by atoms with van der Waals surface area (Å²) in [6.45, 7) is 14.3. The number of aliphatic hydroxyl groups is 1. The van der Waals surface area contributed by atoms with Gasteiger partial charge in [-0.2, -0.15) is 0 Å². The number of pyridine rings is 1. The molecular weight excluding hydrogens is 746 g/mol. The average Bonchev–Trinajstić information content (AvgIpc) is 3.39. The fraction of sp³-hybridized carbons (Fsp3) is 0.368. The number of ketones is 1. The molecule has 0 atom stereocenters. The van der Waals surface area contributed by atoms with Gasteiger partial charge in [0, 0.05) is 70.3 Å². The van der Waals surface area contributed by atoms with E-state index in [-0.39, 0.29) is 49.3 Å². The van der Waals surface area contributed by atoms with Gasteiger partial charge in [-0.3, -0.25) is 9.78 Å². The average molecular weight is 789 g/mol. The standard InChI is InChI=1S/C25H19FNS.C13H24O2.Ir/c1-14(2)21-13-17(12-16-6-4-5-7-18(16)21)23-25-20(10-11-27-23)19-8-9-22(26)15(3)24(19)28-25;1-5-10(6-2)12(14)9-13(15)11(7-3)8-4;/h4-11,13-14H,1-3H3;9-11,14H,5-8H2,1-4H3;/q-1;;/b;12-9-;. The van der Waals surface area contributed by atoms with Crippen LogP contribution in [0.4, 0.5) is 4.39 Å². The maximum absolute atomic E-state index is 14.1. The van der Waals surface area contributed by atoms with Crippen molar-refractivity contribution in [3.8, 4) is 11.3 Å². The van der Waals surface area contributed by atoms with Crippen molar-refractivity contribution in [2.24, 2.45) is 11.8 Å². The molecule has 2 heterocycles. The van der Waals surface area contributed by atoms with E-state index in [1.165, 1.54) is 17.0 Å². The number of fused-ring (bicyclic) bond motifs is 4. The van der Waals surface area contributed by atoms with Crippen LogP contribution in [0.5, 0.6) is 0 Å². The van der Waals surface area contributed by atoms with Gasteiger partial charge >= 0.3 is 0 Å². The van der Waals surface area contributed by atoms with E-state index in [4.69, 9.17) is 4.98 Å². The summed E-state index contributed by atoms with van der Waals surface area (Å²) in [7, 11) is 0. The molecule has 0 aliphatic rings. The van der Waals surface area contributed by atoms with Gasteiger partial charge in [0.25, 0.3) is 0 Å². The topological polar surface area (TPSA) is 50.2 Å². The Balaban J connectivity index is 0.000000286. The molecule has 5 rings (SSSR count). The quantitative estimate of drug-likeness (QED) is 0.0919. The van der Waals surface area contributed by atoms with Crippen LogP contribution in [0.1, 0.15) is 84.3 Å². The molecule has 0 spiro atoms. The largest absolute Gasteiger partial charge is 0.512 e. The van der Waals surface area contributed by atoms with Crippen LogP contribution < -0.4 is 0 Å². The first kappa shape index (κ1) is 35.6. The van der Waals surface area contributed by atoms with E-state index in [2.05, 4.69) is 44.2 Å². The molecule has 0 aliphatic carbocycles. The molecule has 3 aromatic carbocycles. The zero-order chi connectivity index (χ0) is 31.3. The Kier molecular flexibility index (Phi) is 12.8. The summed E-state index contributed by atoms with van der Waals surface area (Å²) in [5, 5.41) is 14.3. The van der Waals surface area contributed by atoms with Gasteiger partial charge < -0.3 is 5.11 Å². The summed E-state index contributed by atoms with van der Waals surface area (Å²) >= 11 is 1.62. The maximum Gasteiger partial charge on any atom is 0.162 e. The van der Waals surface area contributed by atoms with Crippen LogP contribution in [0.3, 0.4) is 0 Å². The molecule has 6 heteroatoms. The first-order valence-electron chi connectivity index (χ1n) is 15.5. The van der Waals surface area contributed by atoms with Crippen LogP contribution >= 0.6 is 11.3 Å². The normalized spacial score (nSPS) is 11.8. The number of hydrogen-bond donors (Lipinski definition) is 1. The van der Waals surface area contributed by atoms with E-state index in [0.29, 0.717) is 11.5 Å². The maximum atomic E-state index is 14.1. The third-order valence-electron chi connectivity index (χ3n) is 8.50. The number of rotatable bonds is 9. The van der Waals surface area contributed by atoms with Crippen LogP contribution in [-0.2, 0) is 24.9 Å². The molecule has 0 saturated carbocycles. The van der Waals surface area contributed by atoms with E-state index in [1.807, 2.05) is 59.0 Å². The van der Waals surface area contributed by atoms with E-state index in [0.717, 1.165) is 62.5 Å². The zero-order valence-electron chi connectivity index (χ0n) is 26.8. The Morgan fingerprint density at radius 1 is 0.932 bits per heavy atom. The summed E-state index contributed by atoms with van der Waals surface area (Å²) in [5.74, 6) is 0.787. The predicted octanol–water partition coefficient (Wildman–Crippen LogP) is 11.5. The number of allylic oxidation sites excluding steroid dienone is 2. The van der Waals surface area contributed by atoms with Crippen molar-refractivity contribution < 1.29 is 34.4 Å². The number of nitrogens with zero attached hydrogens (tertiary/aromatic N) is 1. The number of carbonyl (C=O) groups is 1. The molecule has 0 saturated heterocycles. The fourth-order valence-corrected chi connectivity index (χ4v) is 7.00. The molecule has 3 nitrogen and oxygen atoms in total. The van der Waals surface area contributed by atoms with Gasteiger partial charge in [0.2, 0.25) is 0 Å². The Morgan fingerprint density at radius 2 is 1.57 bits per heavy atom. The molecule has 1 N–H and O–H groups in total. The van der Waals surface area contributed by atoms with Gasteiger partial charge in [-0.15, -0.1) is 40.5 Å². The van der Waals surface area contributed by atoms with Gasteiger partial charge in [-0.25, -0.2) is 4.39 Å². The SMILES string of the molecule is CCC(CC)C(=O)/C=C(\O)C(CC)CC.Cc1c(F)ccc2c1sc1c(-c3[c-]c4ccccc4c(C(C)C)c3)nccc12.[Ir]. The van der Waals surface area contributed by atoms with Crippen LogP contribution in [0.2, 0.25) is 0 Å². The Labute approximate surface area is 279 Å². The number of aromatic nitrogens is 1. The number of hydrogen-bond acceptors (Lipinski definition) is 4. The third-order valence-corrected chi connectivity index (χ3v) is 9.85. The molecule has 235 valence electrons. The van der Waals surface area contributed by atoms with E-state index in [1.54, 1.807) is 17.4 Å². The van der Waals surface area contributed by atoms with Crippen molar-refractivity contribution in [2.45, 2.75) is 80.1 Å². The molecule has 0 unspecified atom stereocenters. The van der Waals surface area contributed by atoms with Gasteiger partial charge in [-0.05, 0) is 56.0 Å². The van der Waals surface area contributed by atoms with E-state index in [9.17, 15) is 14.3 Å². The first-order chi connectivity index (χ1) is 20.6. The number of thiophene rings is 1. The molecular formula is C38H43FIrNO2S-. The number of aliphatic hydroxyl groups excluding tert-OH is 1. The number of carbonyl (C=O) groups excluding carboxylic acids is 1. The van der Waals surface area contributed by atoms with E-state index >= 15 is 0 Å². The molecule has 5 aromatic rings. The molecule has 2 aromatic heterocycles. The van der Waals surface area contributed by atoms with Crippen LogP contribution in [0, 0.1) is 30.6 Å². The monoisotopic (exact) mass is 789 g/mol. The minimum atomic E-state index is -0.159. The van der Waals surface area contributed by atoms with Crippen molar-refractivity contribution in [3.05, 3.63) is 89.6 Å². The van der Waals surface area contributed by atoms with E-state index < -0.39 is 0 Å². The first-order valence-corrected chi connectivity index (χ1v) is 16.3. The molecule has 44 heavy (non-hydrogen) atoms. The second-order valence-corrected chi connectivity index (χ2v) is 12.5. The van der Waals surface area contributed by atoms with Crippen molar-refractivity contribution in [1.82, 2.24) is 4.98 Å². The number of benzene rings is 3. The molecule has 0 aliphatic heterocycles. The Hall–Kier alpha value is -2.92. The predicted molar refractivity (Wildman–Crippen MR) is 182 cm³/mol. The summed E-state index contributed by atoms with van der Waals surface area (Å²) in [5.41, 5.74) is 3.92. The molecule has 0 bridgehead atoms. The van der Waals surface area contributed by atoms with Gasteiger partial charge in [0.05, 0.1) is 5.76 Å². The number of aryl methyl sites for hydroxylation is 1. The minimum absolute atomic E-state index is 0. The summed E-state index contributed by atoms with van der Waals surface area (Å²) in [6, 6.07) is 19.6. The summed E-state index contributed by atoms with van der Waals surface area (Å²) in [6.07, 6.45) is 6.75. The van der Waals surface area contributed by atoms with Crippen LogP contribution in [0.15, 0.2) is 66.6 Å². The fourth-order valence-electron chi connectivity index (χ4n) is 5.71. The second kappa shape index (κ2) is 15.9. The minimum Gasteiger partial charge on any atom is -0.512 e. The Bertz CT molecular complexity index is 1770. The van der Waals surface area contributed by atoms with Crippen LogP contribution in [0.25, 0.3) is 42.2 Å². The molecule has 1 radical (unpaired) electrons. The number of halogens is 1. The third kappa shape index (κ3) is 7.47. The van der Waals surface area contributed by atoms with Gasteiger partial charge in [0.15, 0.2) is 5.78 Å². The molecule has 0 amide bonds. The molecule has 0 fully saturated rings. The zero-order valence-corrected chi connectivity index (χ0v) is 30.0. The summed E-state index contributed by atoms with van der Waals surface area (Å²) in [4.78, 5) is 16.4. The van der Waals surface area contributed by atoms with Crippen molar-refractivity contribution in [2.75, 3.05) is 0 Å². The van der Waals surface area contributed by atoms with Crippen molar-refractivity contribution in [3.63, 3.8) is 0 Å². The smallest absolute Gasteiger partial charge is 0.162 e. The van der Waals surface area contributed by atoms with Gasteiger partial charge in [-0.1, -0.05) is 76.8 Å². The Morgan fingerprint density at radius 3 is 2.20 bits per heavy atom. The van der Waals surface area contributed by atoms with Crippen molar-refractivity contribution >= 4 is 48.1 Å². The van der Waals surface area contributed by atoms with Crippen LogP contribution in [-0.4, -0.2) is 15.9 Å². The second-order valence-electron chi connectivity index (χ2n) is 11.5.